The third-order valence-corrected chi connectivity index (χ3v) is 5.61. The van der Waals surface area contributed by atoms with Crippen molar-refractivity contribution in [1.29, 1.82) is 0 Å². The zero-order valence-corrected chi connectivity index (χ0v) is 14.9. The van der Waals surface area contributed by atoms with Gasteiger partial charge in [-0.25, -0.2) is 0 Å². The van der Waals surface area contributed by atoms with Gasteiger partial charge in [-0.1, -0.05) is 19.9 Å². The Kier molecular flexibility index (Phi) is 6.86. The summed E-state index contributed by atoms with van der Waals surface area (Å²) in [6.45, 7) is 8.49. The van der Waals surface area contributed by atoms with Crippen LogP contribution < -0.4 is 5.32 Å². The maximum Gasteiger partial charge on any atom is 0.234 e. The first-order chi connectivity index (χ1) is 10.7. The van der Waals surface area contributed by atoms with Crippen LogP contribution in [0, 0.1) is 5.92 Å². The largest absolute Gasteiger partial charge is 0.355 e. The third-order valence-electron chi connectivity index (χ3n) is 4.66. The first-order valence-electron chi connectivity index (χ1n) is 8.38. The Morgan fingerprint density at radius 1 is 1.45 bits per heavy atom. The number of amides is 1. The predicted molar refractivity (Wildman–Crippen MR) is 93.2 cm³/mol. The number of likely N-dealkylation sites (N-methyl/N-ethyl adjacent to an activating group) is 1. The van der Waals surface area contributed by atoms with Crippen molar-refractivity contribution in [3.05, 3.63) is 22.4 Å². The number of hydrogen-bond donors (Lipinski definition) is 1. The van der Waals surface area contributed by atoms with E-state index in [1.54, 1.807) is 0 Å². The number of carbonyl (C=O) groups excluding carboxylic acids is 1. The smallest absolute Gasteiger partial charge is 0.234 e. The van der Waals surface area contributed by atoms with E-state index in [1.165, 1.54) is 17.7 Å². The van der Waals surface area contributed by atoms with Crippen LogP contribution in [0.15, 0.2) is 17.5 Å². The van der Waals surface area contributed by atoms with Gasteiger partial charge >= 0.3 is 0 Å². The normalized spacial score (nSPS) is 22.9. The zero-order chi connectivity index (χ0) is 15.9. The van der Waals surface area contributed by atoms with Gasteiger partial charge in [0.15, 0.2) is 0 Å². The average Bonchev–Trinajstić information content (AvgIpc) is 3.04. The number of rotatable bonds is 7. The van der Waals surface area contributed by atoms with Gasteiger partial charge in [0, 0.05) is 17.5 Å². The van der Waals surface area contributed by atoms with Crippen molar-refractivity contribution in [2.75, 3.05) is 39.8 Å². The van der Waals surface area contributed by atoms with E-state index in [4.69, 9.17) is 0 Å². The molecule has 2 rings (SSSR count). The van der Waals surface area contributed by atoms with Crippen LogP contribution in [0.4, 0.5) is 0 Å². The van der Waals surface area contributed by atoms with Crippen LogP contribution in [0.3, 0.4) is 0 Å². The van der Waals surface area contributed by atoms with Gasteiger partial charge in [0.2, 0.25) is 5.91 Å². The number of nitrogens with zero attached hydrogens (tertiary/aromatic N) is 2. The Bertz CT molecular complexity index is 445. The van der Waals surface area contributed by atoms with Crippen LogP contribution in [-0.2, 0) is 4.79 Å². The molecule has 1 aromatic heterocycles. The van der Waals surface area contributed by atoms with Crippen LogP contribution in [0.5, 0.6) is 0 Å². The minimum absolute atomic E-state index is 0.154. The fraction of sp³-hybridized carbons (Fsp3) is 0.706. The number of carbonyl (C=O) groups is 1. The van der Waals surface area contributed by atoms with Gasteiger partial charge in [-0.15, -0.1) is 11.3 Å². The molecule has 0 aliphatic carbocycles. The molecule has 124 valence electrons. The second kappa shape index (κ2) is 8.65. The van der Waals surface area contributed by atoms with E-state index >= 15 is 0 Å². The fourth-order valence-electron chi connectivity index (χ4n) is 3.33. The van der Waals surface area contributed by atoms with Gasteiger partial charge in [0.05, 0.1) is 6.54 Å². The van der Waals surface area contributed by atoms with Crippen molar-refractivity contribution in [3.63, 3.8) is 0 Å². The van der Waals surface area contributed by atoms with E-state index in [0.717, 1.165) is 26.2 Å². The van der Waals surface area contributed by atoms with Crippen LogP contribution >= 0.6 is 11.3 Å². The van der Waals surface area contributed by atoms with E-state index in [1.807, 2.05) is 11.3 Å². The molecule has 0 saturated carbocycles. The van der Waals surface area contributed by atoms with Gasteiger partial charge in [0.1, 0.15) is 0 Å². The number of nitrogens with one attached hydrogen (secondary N) is 1. The summed E-state index contributed by atoms with van der Waals surface area (Å²) < 4.78 is 0. The van der Waals surface area contributed by atoms with E-state index in [2.05, 4.69) is 53.5 Å². The molecular weight excluding hydrogens is 294 g/mol. The SMILES string of the molecule is CCN(CC)CC(=O)NC[C@H]1CCCN(C)[C@H]1c1cccs1. The van der Waals surface area contributed by atoms with Crippen molar-refractivity contribution in [1.82, 2.24) is 15.1 Å². The number of hydrogen-bond acceptors (Lipinski definition) is 4. The van der Waals surface area contributed by atoms with Crippen LogP contribution in [0.25, 0.3) is 0 Å². The Balaban J connectivity index is 1.91. The first-order valence-corrected chi connectivity index (χ1v) is 9.26. The third kappa shape index (κ3) is 4.54. The van der Waals surface area contributed by atoms with E-state index in [-0.39, 0.29) is 5.91 Å². The monoisotopic (exact) mass is 323 g/mol. The lowest BCUT2D eigenvalue weighted by Crippen LogP contribution is -2.44. The maximum absolute atomic E-state index is 12.1. The van der Waals surface area contributed by atoms with Gasteiger partial charge in [-0.05, 0) is 56.9 Å². The lowest BCUT2D eigenvalue weighted by molar-refractivity contribution is -0.122. The molecular formula is C17H29N3OS. The maximum atomic E-state index is 12.1. The molecule has 1 saturated heterocycles. The molecule has 1 fully saturated rings. The Morgan fingerprint density at radius 3 is 2.86 bits per heavy atom. The summed E-state index contributed by atoms with van der Waals surface area (Å²) in [6, 6.07) is 4.79. The van der Waals surface area contributed by atoms with Crippen LogP contribution in [0.1, 0.15) is 37.6 Å². The molecule has 1 aliphatic heterocycles. The summed E-state index contributed by atoms with van der Waals surface area (Å²) in [5.74, 6) is 0.667. The van der Waals surface area contributed by atoms with Crippen molar-refractivity contribution >= 4 is 17.2 Å². The number of piperidine rings is 1. The average molecular weight is 324 g/mol. The highest BCUT2D eigenvalue weighted by molar-refractivity contribution is 7.10. The lowest BCUT2D eigenvalue weighted by Gasteiger charge is -2.39. The van der Waals surface area contributed by atoms with Gasteiger partial charge < -0.3 is 5.32 Å². The molecule has 2 heterocycles. The first kappa shape index (κ1) is 17.4. The summed E-state index contributed by atoms with van der Waals surface area (Å²) in [7, 11) is 2.20. The molecule has 0 aromatic carbocycles. The molecule has 4 nitrogen and oxygen atoms in total. The summed E-state index contributed by atoms with van der Waals surface area (Å²) in [6.07, 6.45) is 2.41. The zero-order valence-electron chi connectivity index (χ0n) is 14.0. The quantitative estimate of drug-likeness (QED) is 0.838. The van der Waals surface area contributed by atoms with Crippen molar-refractivity contribution in [2.45, 2.75) is 32.7 Å². The minimum atomic E-state index is 0.154. The fourth-order valence-corrected chi connectivity index (χ4v) is 4.32. The van der Waals surface area contributed by atoms with Gasteiger partial charge in [-0.2, -0.15) is 0 Å². The summed E-state index contributed by atoms with van der Waals surface area (Å²) in [5, 5.41) is 5.31. The number of thiophene rings is 1. The molecule has 0 bridgehead atoms. The highest BCUT2D eigenvalue weighted by atomic mass is 32.1. The molecule has 0 unspecified atom stereocenters. The topological polar surface area (TPSA) is 35.6 Å². The molecule has 2 atom stereocenters. The highest BCUT2D eigenvalue weighted by Crippen LogP contribution is 2.36. The van der Waals surface area contributed by atoms with Gasteiger partial charge in [0.25, 0.3) is 0 Å². The molecule has 1 aromatic rings. The van der Waals surface area contributed by atoms with E-state index < -0.39 is 0 Å². The molecule has 1 N–H and O–H groups in total. The van der Waals surface area contributed by atoms with Gasteiger partial charge in [-0.3, -0.25) is 14.6 Å². The predicted octanol–water partition coefficient (Wildman–Crippen LogP) is 2.59. The second-order valence-corrected chi connectivity index (χ2v) is 7.09. The molecule has 5 heteroatoms. The Morgan fingerprint density at radius 2 is 2.23 bits per heavy atom. The highest BCUT2D eigenvalue weighted by Gasteiger charge is 2.31. The van der Waals surface area contributed by atoms with E-state index in [9.17, 15) is 4.79 Å². The Hall–Kier alpha value is -0.910. The summed E-state index contributed by atoms with van der Waals surface area (Å²) in [4.78, 5) is 18.1. The molecule has 22 heavy (non-hydrogen) atoms. The molecule has 1 aliphatic rings. The standard InChI is InChI=1S/C17H29N3OS/c1-4-20(5-2)13-16(21)18-12-14-8-6-10-19(3)17(14)15-9-7-11-22-15/h7,9,11,14,17H,4-6,8,10,12-13H2,1-3H3,(H,18,21)/t14-,17-/m1/s1. The van der Waals surface area contributed by atoms with Crippen LogP contribution in [-0.4, -0.2) is 55.5 Å². The summed E-state index contributed by atoms with van der Waals surface area (Å²) >= 11 is 1.83. The van der Waals surface area contributed by atoms with Crippen molar-refractivity contribution in [2.24, 2.45) is 5.92 Å². The van der Waals surface area contributed by atoms with Crippen LogP contribution in [0.2, 0.25) is 0 Å². The molecule has 0 spiro atoms. The lowest BCUT2D eigenvalue weighted by atomic mass is 9.88. The van der Waals surface area contributed by atoms with Crippen molar-refractivity contribution in [3.8, 4) is 0 Å². The number of likely N-dealkylation sites (tertiary alicyclic amines) is 1. The Labute approximate surface area is 138 Å². The molecule has 1 amide bonds. The van der Waals surface area contributed by atoms with Crippen molar-refractivity contribution < 1.29 is 4.79 Å². The molecule has 0 radical (unpaired) electrons. The second-order valence-electron chi connectivity index (χ2n) is 6.11. The minimum Gasteiger partial charge on any atom is -0.355 e. The summed E-state index contributed by atoms with van der Waals surface area (Å²) in [5.41, 5.74) is 0. The van der Waals surface area contributed by atoms with E-state index in [0.29, 0.717) is 18.5 Å².